The second kappa shape index (κ2) is 6.53. The summed E-state index contributed by atoms with van der Waals surface area (Å²) in [6.07, 6.45) is 1.71. The van der Waals surface area contributed by atoms with Crippen LogP contribution in [0.3, 0.4) is 0 Å². The normalized spacial score (nSPS) is 16.6. The Morgan fingerprint density at radius 2 is 2.10 bits per heavy atom. The first kappa shape index (κ1) is 14.5. The number of primary amides is 1. The topological polar surface area (TPSA) is 97.5 Å². The van der Waals surface area contributed by atoms with Gasteiger partial charge in [-0.25, -0.2) is 14.8 Å². The van der Waals surface area contributed by atoms with E-state index >= 15 is 0 Å². The van der Waals surface area contributed by atoms with Crippen LogP contribution in [-0.2, 0) is 4.74 Å². The Bertz CT molecular complexity index is 486. The lowest BCUT2D eigenvalue weighted by molar-refractivity contribution is 0.0348. The van der Waals surface area contributed by atoms with Crippen LogP contribution in [0.4, 0.5) is 4.79 Å². The van der Waals surface area contributed by atoms with Crippen LogP contribution < -0.4 is 11.2 Å². The lowest BCUT2D eigenvalue weighted by atomic mass is 10.1. The minimum Gasteiger partial charge on any atom is -0.446 e. The Labute approximate surface area is 121 Å². The van der Waals surface area contributed by atoms with Crippen molar-refractivity contribution >= 4 is 23.6 Å². The van der Waals surface area contributed by atoms with Crippen molar-refractivity contribution in [1.29, 1.82) is 0 Å². The van der Waals surface area contributed by atoms with Crippen molar-refractivity contribution in [2.45, 2.75) is 18.9 Å². The van der Waals surface area contributed by atoms with Gasteiger partial charge in [0.1, 0.15) is 11.8 Å². The third-order valence-corrected chi connectivity index (χ3v) is 3.17. The molecule has 7 nitrogen and oxygen atoms in total. The molecule has 3 N–H and O–H groups in total. The van der Waals surface area contributed by atoms with Crippen LogP contribution in [0, 0.1) is 0 Å². The van der Waals surface area contributed by atoms with E-state index < -0.39 is 6.09 Å². The molecule has 0 bridgehead atoms. The molecule has 20 heavy (non-hydrogen) atoms. The van der Waals surface area contributed by atoms with Crippen molar-refractivity contribution in [2.24, 2.45) is 5.73 Å². The fourth-order valence-electron chi connectivity index (χ4n) is 1.96. The maximum atomic E-state index is 11.9. The molecule has 1 aliphatic rings. The van der Waals surface area contributed by atoms with Gasteiger partial charge < -0.3 is 10.5 Å². The number of aromatic nitrogens is 1. The third kappa shape index (κ3) is 4.07. The number of halogens is 1. The number of hydrogen-bond donors (Lipinski definition) is 2. The molecular formula is C12H15ClN4O3. The van der Waals surface area contributed by atoms with Crippen LogP contribution in [0.1, 0.15) is 23.3 Å². The third-order valence-electron chi connectivity index (χ3n) is 2.94. The number of nitrogens with two attached hydrogens (primary N) is 1. The fraction of sp³-hybridized carbons (Fsp3) is 0.417. The number of pyridine rings is 1. The van der Waals surface area contributed by atoms with Gasteiger partial charge in [-0.15, -0.1) is 0 Å². The van der Waals surface area contributed by atoms with Gasteiger partial charge in [0.05, 0.1) is 5.02 Å². The Kier molecular flexibility index (Phi) is 4.75. The van der Waals surface area contributed by atoms with Crippen LogP contribution in [-0.4, -0.2) is 41.2 Å². The standard InChI is InChI=1S/C12H15ClN4O3/c13-8-1-2-10(15-7-8)11(18)16-17-5-3-9(4-6-17)20-12(14)19/h1-2,7,9H,3-6H2,(H2,14,19)(H,16,18). The average Bonchev–Trinajstić information content (AvgIpc) is 2.41. The Balaban J connectivity index is 1.82. The number of nitrogens with one attached hydrogen (secondary N) is 1. The van der Waals surface area contributed by atoms with Gasteiger partial charge in [0.15, 0.2) is 0 Å². The summed E-state index contributed by atoms with van der Waals surface area (Å²) >= 11 is 5.71. The number of nitrogens with zero attached hydrogens (tertiary/aromatic N) is 2. The molecule has 1 aliphatic heterocycles. The Morgan fingerprint density at radius 1 is 1.40 bits per heavy atom. The molecule has 108 valence electrons. The molecule has 1 fully saturated rings. The first-order chi connectivity index (χ1) is 9.54. The molecule has 0 saturated carbocycles. The second-order valence-corrected chi connectivity index (χ2v) is 4.86. The Morgan fingerprint density at radius 3 is 2.65 bits per heavy atom. The van der Waals surface area contributed by atoms with Crippen LogP contribution in [0.15, 0.2) is 18.3 Å². The van der Waals surface area contributed by atoms with Crippen molar-refractivity contribution in [3.63, 3.8) is 0 Å². The first-order valence-electron chi connectivity index (χ1n) is 6.18. The van der Waals surface area contributed by atoms with Crippen molar-refractivity contribution in [3.05, 3.63) is 29.0 Å². The monoisotopic (exact) mass is 298 g/mol. The number of hydrazine groups is 1. The number of ether oxygens (including phenoxy) is 1. The molecule has 0 aromatic carbocycles. The van der Waals surface area contributed by atoms with Gasteiger partial charge in [0, 0.05) is 19.3 Å². The molecule has 1 saturated heterocycles. The highest BCUT2D eigenvalue weighted by Crippen LogP contribution is 2.12. The molecule has 0 aliphatic carbocycles. The largest absolute Gasteiger partial charge is 0.446 e. The summed E-state index contributed by atoms with van der Waals surface area (Å²) in [5.74, 6) is -0.295. The first-order valence-corrected chi connectivity index (χ1v) is 6.56. The van der Waals surface area contributed by atoms with E-state index in [4.69, 9.17) is 22.1 Å². The molecule has 8 heteroatoms. The predicted octanol–water partition coefficient (Wildman–Crippen LogP) is 0.939. The van der Waals surface area contributed by atoms with Gasteiger partial charge in [-0.05, 0) is 25.0 Å². The van der Waals surface area contributed by atoms with Crippen LogP contribution >= 0.6 is 11.6 Å². The number of piperidine rings is 1. The summed E-state index contributed by atoms with van der Waals surface area (Å²) < 4.78 is 4.91. The zero-order valence-corrected chi connectivity index (χ0v) is 11.5. The summed E-state index contributed by atoms with van der Waals surface area (Å²) in [7, 11) is 0. The Hall–Kier alpha value is -1.86. The van der Waals surface area contributed by atoms with E-state index in [2.05, 4.69) is 10.4 Å². The maximum Gasteiger partial charge on any atom is 0.404 e. The number of amides is 2. The van der Waals surface area contributed by atoms with Crippen LogP contribution in [0.5, 0.6) is 0 Å². The smallest absolute Gasteiger partial charge is 0.404 e. The molecule has 0 unspecified atom stereocenters. The molecule has 2 amide bonds. The zero-order chi connectivity index (χ0) is 14.5. The quantitative estimate of drug-likeness (QED) is 0.865. The molecule has 2 rings (SSSR count). The van der Waals surface area contributed by atoms with Crippen LogP contribution in [0.2, 0.25) is 5.02 Å². The van der Waals surface area contributed by atoms with E-state index in [1.54, 1.807) is 17.1 Å². The summed E-state index contributed by atoms with van der Waals surface area (Å²) in [5, 5.41) is 2.24. The van der Waals surface area contributed by atoms with Gasteiger partial charge in [-0.3, -0.25) is 10.2 Å². The highest BCUT2D eigenvalue weighted by Gasteiger charge is 2.23. The lowest BCUT2D eigenvalue weighted by Gasteiger charge is -2.31. The number of carbonyl (C=O) groups is 2. The lowest BCUT2D eigenvalue weighted by Crippen LogP contribution is -2.48. The van der Waals surface area contributed by atoms with Crippen molar-refractivity contribution in [3.8, 4) is 0 Å². The van der Waals surface area contributed by atoms with Crippen molar-refractivity contribution in [1.82, 2.24) is 15.4 Å². The average molecular weight is 299 g/mol. The SMILES string of the molecule is NC(=O)OC1CCN(NC(=O)c2ccc(Cl)cn2)CC1. The predicted molar refractivity (Wildman–Crippen MR) is 72.0 cm³/mol. The maximum absolute atomic E-state index is 11.9. The van der Waals surface area contributed by atoms with Crippen molar-refractivity contribution in [2.75, 3.05) is 13.1 Å². The summed E-state index contributed by atoms with van der Waals surface area (Å²) in [6.45, 7) is 1.16. The van der Waals surface area contributed by atoms with Gasteiger partial charge in [-0.2, -0.15) is 0 Å². The minimum atomic E-state index is -0.766. The molecule has 0 spiro atoms. The van der Waals surface area contributed by atoms with E-state index in [0.717, 1.165) is 0 Å². The van der Waals surface area contributed by atoms with Gasteiger partial charge in [0.2, 0.25) is 0 Å². The van der Waals surface area contributed by atoms with E-state index in [1.165, 1.54) is 6.20 Å². The van der Waals surface area contributed by atoms with Crippen molar-refractivity contribution < 1.29 is 14.3 Å². The number of hydrogen-bond acceptors (Lipinski definition) is 5. The molecule has 2 heterocycles. The zero-order valence-electron chi connectivity index (χ0n) is 10.7. The molecule has 1 aromatic rings. The highest BCUT2D eigenvalue weighted by molar-refractivity contribution is 6.30. The van der Waals surface area contributed by atoms with Gasteiger partial charge in [0.25, 0.3) is 5.91 Å². The molecular weight excluding hydrogens is 284 g/mol. The molecule has 0 radical (unpaired) electrons. The second-order valence-electron chi connectivity index (χ2n) is 4.43. The number of rotatable bonds is 3. The van der Waals surface area contributed by atoms with E-state index in [1.807, 2.05) is 0 Å². The summed E-state index contributed by atoms with van der Waals surface area (Å²) in [6, 6.07) is 3.16. The molecule has 1 aromatic heterocycles. The van der Waals surface area contributed by atoms with Crippen LogP contribution in [0.25, 0.3) is 0 Å². The van der Waals surface area contributed by atoms with Gasteiger partial charge >= 0.3 is 6.09 Å². The van der Waals surface area contributed by atoms with Gasteiger partial charge in [-0.1, -0.05) is 11.6 Å². The highest BCUT2D eigenvalue weighted by atomic mass is 35.5. The van der Waals surface area contributed by atoms with E-state index in [0.29, 0.717) is 36.6 Å². The summed E-state index contributed by atoms with van der Waals surface area (Å²) in [5.41, 5.74) is 8.01. The fourth-order valence-corrected chi connectivity index (χ4v) is 2.07. The minimum absolute atomic E-state index is 0.186. The molecule has 0 atom stereocenters. The summed E-state index contributed by atoms with van der Waals surface area (Å²) in [4.78, 5) is 26.5. The number of carbonyl (C=O) groups excluding carboxylic acids is 2. The van der Waals surface area contributed by atoms with E-state index in [-0.39, 0.29) is 12.0 Å². The van der Waals surface area contributed by atoms with E-state index in [9.17, 15) is 9.59 Å².